The fraction of sp³-hybridized carbons (Fsp3) is 0.222. The van der Waals surface area contributed by atoms with Crippen LogP contribution in [-0.2, 0) is 0 Å². The number of benzene rings is 1. The van der Waals surface area contributed by atoms with E-state index in [-0.39, 0.29) is 0 Å². The molecule has 1 aliphatic rings. The summed E-state index contributed by atoms with van der Waals surface area (Å²) in [6.07, 6.45) is 0. The molecular formula is C9H10NS. The van der Waals surface area contributed by atoms with E-state index in [1.807, 2.05) is 0 Å². The van der Waals surface area contributed by atoms with E-state index in [0.717, 1.165) is 0 Å². The second-order valence-electron chi connectivity index (χ2n) is 2.81. The van der Waals surface area contributed by atoms with Gasteiger partial charge < -0.3 is 4.90 Å². The van der Waals surface area contributed by atoms with Gasteiger partial charge in [-0.15, -0.1) is 0 Å². The van der Waals surface area contributed by atoms with Gasteiger partial charge >= 0.3 is 0 Å². The molecule has 0 fully saturated rings. The standard InChI is InChI=1S/C9H10NS/c1-7-3-4-9-8(5-7)10(2)6-11-9/h3-6H,1-2H3. The molecule has 0 N–H and O–H groups in total. The third-order valence-electron chi connectivity index (χ3n) is 1.83. The van der Waals surface area contributed by atoms with Crippen LogP contribution < -0.4 is 4.90 Å². The summed E-state index contributed by atoms with van der Waals surface area (Å²) < 4.78 is 0. The second-order valence-corrected chi connectivity index (χ2v) is 3.69. The number of nitrogens with zero attached hydrogens (tertiary/aromatic N) is 1. The topological polar surface area (TPSA) is 3.24 Å². The Morgan fingerprint density at radius 3 is 3.00 bits per heavy atom. The summed E-state index contributed by atoms with van der Waals surface area (Å²) in [4.78, 5) is 3.52. The van der Waals surface area contributed by atoms with Gasteiger partial charge in [0.1, 0.15) is 5.88 Å². The van der Waals surface area contributed by atoms with Crippen LogP contribution in [0.1, 0.15) is 5.56 Å². The number of aryl methyl sites for hydroxylation is 1. The zero-order valence-corrected chi connectivity index (χ0v) is 7.48. The van der Waals surface area contributed by atoms with Crippen molar-refractivity contribution in [1.29, 1.82) is 0 Å². The minimum atomic E-state index is 1.33. The zero-order chi connectivity index (χ0) is 7.84. The first-order valence-electron chi connectivity index (χ1n) is 3.61. The van der Waals surface area contributed by atoms with Crippen molar-refractivity contribution in [3.05, 3.63) is 29.6 Å². The first-order chi connectivity index (χ1) is 5.27. The van der Waals surface area contributed by atoms with Crippen LogP contribution in [0.25, 0.3) is 0 Å². The molecule has 1 aliphatic heterocycles. The molecule has 57 valence electrons. The van der Waals surface area contributed by atoms with E-state index >= 15 is 0 Å². The molecule has 1 heterocycles. The van der Waals surface area contributed by atoms with Crippen molar-refractivity contribution in [3.63, 3.8) is 0 Å². The first-order valence-corrected chi connectivity index (χ1v) is 4.49. The summed E-state index contributed by atoms with van der Waals surface area (Å²) >= 11 is 1.79. The van der Waals surface area contributed by atoms with Crippen molar-refractivity contribution >= 4 is 17.4 Å². The summed E-state index contributed by atoms with van der Waals surface area (Å²) in [5.74, 6) is 2.13. The van der Waals surface area contributed by atoms with Gasteiger partial charge in [0.25, 0.3) is 0 Å². The monoisotopic (exact) mass is 164 g/mol. The lowest BCUT2D eigenvalue weighted by atomic mass is 10.2. The van der Waals surface area contributed by atoms with Gasteiger partial charge in [-0.2, -0.15) is 0 Å². The summed E-state index contributed by atoms with van der Waals surface area (Å²) in [5.41, 5.74) is 2.65. The minimum Gasteiger partial charge on any atom is -0.359 e. The van der Waals surface area contributed by atoms with Crippen molar-refractivity contribution in [3.8, 4) is 0 Å². The molecule has 0 aromatic heterocycles. The summed E-state index contributed by atoms with van der Waals surface area (Å²) in [7, 11) is 2.08. The van der Waals surface area contributed by atoms with E-state index in [0.29, 0.717) is 0 Å². The molecule has 1 nitrogen and oxygen atoms in total. The van der Waals surface area contributed by atoms with Crippen LogP contribution >= 0.6 is 11.8 Å². The molecule has 1 aromatic carbocycles. The van der Waals surface area contributed by atoms with Crippen molar-refractivity contribution in [1.82, 2.24) is 0 Å². The van der Waals surface area contributed by atoms with Gasteiger partial charge in [-0.3, -0.25) is 0 Å². The van der Waals surface area contributed by atoms with Gasteiger partial charge in [-0.05, 0) is 24.6 Å². The lowest BCUT2D eigenvalue weighted by molar-refractivity contribution is 1.17. The molecule has 2 rings (SSSR count). The maximum Gasteiger partial charge on any atom is 0.110 e. The molecule has 0 amide bonds. The van der Waals surface area contributed by atoms with Gasteiger partial charge in [-0.1, -0.05) is 17.8 Å². The average Bonchev–Trinajstić information content (AvgIpc) is 2.33. The van der Waals surface area contributed by atoms with E-state index in [2.05, 4.69) is 42.9 Å². The molecule has 0 saturated carbocycles. The fourth-order valence-corrected chi connectivity index (χ4v) is 2.05. The molecular weight excluding hydrogens is 154 g/mol. The second kappa shape index (κ2) is 2.45. The summed E-state index contributed by atoms with van der Waals surface area (Å²) in [6.45, 7) is 2.12. The molecule has 0 aliphatic carbocycles. The predicted octanol–water partition coefficient (Wildman–Crippen LogP) is 2.66. The third-order valence-corrected chi connectivity index (χ3v) is 2.85. The number of thioether (sulfide) groups is 1. The van der Waals surface area contributed by atoms with Crippen molar-refractivity contribution in [2.24, 2.45) is 0 Å². The van der Waals surface area contributed by atoms with Gasteiger partial charge in [0.2, 0.25) is 0 Å². The molecule has 0 atom stereocenters. The van der Waals surface area contributed by atoms with Crippen molar-refractivity contribution in [2.45, 2.75) is 11.8 Å². The number of hydrogen-bond donors (Lipinski definition) is 0. The van der Waals surface area contributed by atoms with Crippen LogP contribution in [0, 0.1) is 12.8 Å². The van der Waals surface area contributed by atoms with E-state index in [4.69, 9.17) is 0 Å². The summed E-state index contributed by atoms with van der Waals surface area (Å²) in [5, 5.41) is 0. The number of anilines is 1. The Morgan fingerprint density at radius 2 is 2.18 bits per heavy atom. The first kappa shape index (κ1) is 7.04. The quantitative estimate of drug-likeness (QED) is 0.580. The summed E-state index contributed by atoms with van der Waals surface area (Å²) in [6, 6.07) is 6.54. The largest absolute Gasteiger partial charge is 0.359 e. The molecule has 11 heavy (non-hydrogen) atoms. The van der Waals surface area contributed by atoms with E-state index in [1.165, 1.54) is 16.1 Å². The van der Waals surface area contributed by atoms with Gasteiger partial charge in [0.05, 0.1) is 5.69 Å². The Balaban J connectivity index is 2.52. The highest BCUT2D eigenvalue weighted by atomic mass is 32.2. The molecule has 0 spiro atoms. The fourth-order valence-electron chi connectivity index (χ4n) is 1.20. The van der Waals surface area contributed by atoms with E-state index in [1.54, 1.807) is 11.8 Å². The van der Waals surface area contributed by atoms with Crippen LogP contribution in [0.15, 0.2) is 23.1 Å². The van der Waals surface area contributed by atoms with Crippen LogP contribution in [0.2, 0.25) is 0 Å². The van der Waals surface area contributed by atoms with E-state index < -0.39 is 0 Å². The average molecular weight is 164 g/mol. The van der Waals surface area contributed by atoms with Crippen molar-refractivity contribution in [2.75, 3.05) is 11.9 Å². The highest BCUT2D eigenvalue weighted by molar-refractivity contribution is 8.01. The Hall–Kier alpha value is -0.630. The molecule has 0 bridgehead atoms. The highest BCUT2D eigenvalue weighted by Crippen LogP contribution is 2.40. The zero-order valence-electron chi connectivity index (χ0n) is 6.66. The molecule has 2 heteroatoms. The molecule has 0 saturated heterocycles. The maximum atomic E-state index is 2.21. The van der Waals surface area contributed by atoms with Crippen LogP contribution in [0.3, 0.4) is 0 Å². The Labute approximate surface area is 71.4 Å². The van der Waals surface area contributed by atoms with Crippen LogP contribution in [0.4, 0.5) is 5.69 Å². The number of hydrogen-bond acceptors (Lipinski definition) is 2. The SMILES string of the molecule is Cc1ccc2c(c1)N(C)[CH]S2. The van der Waals surface area contributed by atoms with Gasteiger partial charge in [0.15, 0.2) is 0 Å². The normalized spacial score (nSPS) is 15.3. The lowest BCUT2D eigenvalue weighted by Crippen LogP contribution is -2.05. The predicted molar refractivity (Wildman–Crippen MR) is 49.7 cm³/mol. The third kappa shape index (κ3) is 1.11. The molecule has 1 radical (unpaired) electrons. The minimum absolute atomic E-state index is 1.33. The Kier molecular flexibility index (Phi) is 1.57. The number of rotatable bonds is 0. The Morgan fingerprint density at radius 1 is 1.36 bits per heavy atom. The van der Waals surface area contributed by atoms with Gasteiger partial charge in [0, 0.05) is 11.9 Å². The number of fused-ring (bicyclic) bond motifs is 1. The smallest absolute Gasteiger partial charge is 0.110 e. The Bertz CT molecular complexity index is 283. The van der Waals surface area contributed by atoms with Crippen LogP contribution in [-0.4, -0.2) is 7.05 Å². The molecule has 0 unspecified atom stereocenters. The maximum absolute atomic E-state index is 2.21. The van der Waals surface area contributed by atoms with Crippen LogP contribution in [0.5, 0.6) is 0 Å². The van der Waals surface area contributed by atoms with E-state index in [9.17, 15) is 0 Å². The lowest BCUT2D eigenvalue weighted by Gasteiger charge is -2.09. The molecule has 1 aromatic rings. The van der Waals surface area contributed by atoms with Gasteiger partial charge in [-0.25, -0.2) is 0 Å². The van der Waals surface area contributed by atoms with Crippen molar-refractivity contribution < 1.29 is 0 Å². The highest BCUT2D eigenvalue weighted by Gasteiger charge is 2.15.